The molecular formula is C10H18N2. The van der Waals surface area contributed by atoms with Crippen LogP contribution in [-0.4, -0.2) is 30.2 Å². The predicted octanol–water partition coefficient (Wildman–Crippen LogP) is 2.08. The van der Waals surface area contributed by atoms with E-state index in [-0.39, 0.29) is 0 Å². The molecule has 1 aliphatic heterocycles. The second-order valence-corrected chi connectivity index (χ2v) is 3.86. The van der Waals surface area contributed by atoms with E-state index in [0.717, 1.165) is 13.0 Å². The van der Waals surface area contributed by atoms with Crippen molar-refractivity contribution in [3.05, 3.63) is 11.8 Å². The van der Waals surface area contributed by atoms with E-state index in [4.69, 9.17) is 0 Å². The van der Waals surface area contributed by atoms with Crippen molar-refractivity contribution in [3.8, 4) is 0 Å². The molecule has 0 aromatic rings. The molecule has 0 N–H and O–H groups in total. The largest absolute Gasteiger partial charge is 0.375 e. The molecule has 2 nitrogen and oxygen atoms in total. The first-order chi connectivity index (χ1) is 5.58. The molecule has 0 aromatic heterocycles. The second-order valence-electron chi connectivity index (χ2n) is 3.86. The van der Waals surface area contributed by atoms with Crippen molar-refractivity contribution < 1.29 is 0 Å². The van der Waals surface area contributed by atoms with Gasteiger partial charge in [-0.2, -0.15) is 0 Å². The average molecular weight is 166 g/mol. The highest BCUT2D eigenvalue weighted by atomic mass is 15.1. The second kappa shape index (κ2) is 3.74. The van der Waals surface area contributed by atoms with Gasteiger partial charge in [0.1, 0.15) is 0 Å². The third-order valence-corrected chi connectivity index (χ3v) is 1.80. The molecule has 0 saturated heterocycles. The SMILES string of the molecule is CC1=CN(C)CC(=NC(C)C)C1. The summed E-state index contributed by atoms with van der Waals surface area (Å²) in [6.07, 6.45) is 3.25. The Morgan fingerprint density at radius 3 is 2.67 bits per heavy atom. The Labute approximate surface area is 75.0 Å². The maximum absolute atomic E-state index is 4.57. The van der Waals surface area contributed by atoms with E-state index < -0.39 is 0 Å². The Hall–Kier alpha value is -0.790. The summed E-state index contributed by atoms with van der Waals surface area (Å²) in [6, 6.07) is 0.430. The van der Waals surface area contributed by atoms with Gasteiger partial charge in [-0.05, 0) is 27.0 Å². The van der Waals surface area contributed by atoms with Gasteiger partial charge in [0.15, 0.2) is 0 Å². The van der Waals surface area contributed by atoms with Gasteiger partial charge in [0.2, 0.25) is 0 Å². The molecular weight excluding hydrogens is 148 g/mol. The first-order valence-electron chi connectivity index (χ1n) is 4.51. The van der Waals surface area contributed by atoms with Crippen LogP contribution in [0.2, 0.25) is 0 Å². The van der Waals surface area contributed by atoms with Crippen molar-refractivity contribution in [2.45, 2.75) is 33.2 Å². The van der Waals surface area contributed by atoms with Gasteiger partial charge >= 0.3 is 0 Å². The molecule has 0 atom stereocenters. The van der Waals surface area contributed by atoms with E-state index in [1.165, 1.54) is 11.3 Å². The van der Waals surface area contributed by atoms with E-state index in [2.05, 4.69) is 43.9 Å². The molecule has 0 aromatic carbocycles. The number of rotatable bonds is 1. The normalized spacial score (nSPS) is 21.9. The predicted molar refractivity (Wildman–Crippen MR) is 53.6 cm³/mol. The highest BCUT2D eigenvalue weighted by Crippen LogP contribution is 2.11. The lowest BCUT2D eigenvalue weighted by molar-refractivity contribution is 0.503. The zero-order chi connectivity index (χ0) is 9.14. The van der Waals surface area contributed by atoms with Crippen molar-refractivity contribution in [2.75, 3.05) is 13.6 Å². The van der Waals surface area contributed by atoms with Crippen molar-refractivity contribution in [1.82, 2.24) is 4.90 Å². The summed E-state index contributed by atoms with van der Waals surface area (Å²) in [5.74, 6) is 0. The zero-order valence-corrected chi connectivity index (χ0v) is 8.46. The number of nitrogens with zero attached hydrogens (tertiary/aromatic N) is 2. The molecule has 68 valence electrons. The van der Waals surface area contributed by atoms with Crippen molar-refractivity contribution in [3.63, 3.8) is 0 Å². The summed E-state index contributed by atoms with van der Waals surface area (Å²) in [6.45, 7) is 7.41. The standard InChI is InChI=1S/C10H18N2/c1-8(2)11-10-5-9(3)6-12(4)7-10/h6,8H,5,7H2,1-4H3. The summed E-state index contributed by atoms with van der Waals surface area (Å²) < 4.78 is 0. The Bertz CT molecular complexity index is 214. The van der Waals surface area contributed by atoms with E-state index in [9.17, 15) is 0 Å². The lowest BCUT2D eigenvalue weighted by Gasteiger charge is -2.23. The Balaban J connectivity index is 2.67. The fourth-order valence-electron chi connectivity index (χ4n) is 1.58. The van der Waals surface area contributed by atoms with Gasteiger partial charge in [0.05, 0.1) is 6.54 Å². The van der Waals surface area contributed by atoms with Crippen LogP contribution in [-0.2, 0) is 0 Å². The van der Waals surface area contributed by atoms with Crippen molar-refractivity contribution in [1.29, 1.82) is 0 Å². The van der Waals surface area contributed by atoms with Gasteiger partial charge in [-0.1, -0.05) is 5.57 Å². The fraction of sp³-hybridized carbons (Fsp3) is 0.700. The molecule has 0 amide bonds. The van der Waals surface area contributed by atoms with Gasteiger partial charge in [-0.15, -0.1) is 0 Å². The van der Waals surface area contributed by atoms with E-state index >= 15 is 0 Å². The summed E-state index contributed by atoms with van der Waals surface area (Å²) >= 11 is 0. The molecule has 12 heavy (non-hydrogen) atoms. The van der Waals surface area contributed by atoms with Crippen LogP contribution < -0.4 is 0 Å². The van der Waals surface area contributed by atoms with Crippen LogP contribution in [0.3, 0.4) is 0 Å². The minimum atomic E-state index is 0.430. The van der Waals surface area contributed by atoms with Gasteiger partial charge in [-0.25, -0.2) is 0 Å². The molecule has 1 heterocycles. The quantitative estimate of drug-likeness (QED) is 0.582. The smallest absolute Gasteiger partial charge is 0.0552 e. The molecule has 2 heteroatoms. The van der Waals surface area contributed by atoms with Gasteiger partial charge in [0, 0.05) is 25.2 Å². The minimum absolute atomic E-state index is 0.430. The van der Waals surface area contributed by atoms with Crippen LogP contribution in [0.1, 0.15) is 27.2 Å². The zero-order valence-electron chi connectivity index (χ0n) is 8.46. The summed E-state index contributed by atoms with van der Waals surface area (Å²) in [7, 11) is 2.10. The van der Waals surface area contributed by atoms with Crippen LogP contribution in [0, 0.1) is 0 Å². The highest BCUT2D eigenvalue weighted by Gasteiger charge is 2.09. The first-order valence-corrected chi connectivity index (χ1v) is 4.51. The topological polar surface area (TPSA) is 15.6 Å². The molecule has 1 rings (SSSR count). The monoisotopic (exact) mass is 166 g/mol. The number of hydrogen-bond acceptors (Lipinski definition) is 2. The molecule has 0 bridgehead atoms. The number of allylic oxidation sites excluding steroid dienone is 1. The molecule has 1 aliphatic rings. The van der Waals surface area contributed by atoms with Gasteiger partial charge < -0.3 is 4.90 Å². The first kappa shape index (κ1) is 9.30. The molecule has 0 spiro atoms. The molecule has 0 unspecified atom stereocenters. The molecule has 0 radical (unpaired) electrons. The van der Waals surface area contributed by atoms with Crippen LogP contribution in [0.25, 0.3) is 0 Å². The Kier molecular flexibility index (Phi) is 2.90. The fourth-order valence-corrected chi connectivity index (χ4v) is 1.58. The molecule has 0 saturated carbocycles. The Morgan fingerprint density at radius 1 is 1.50 bits per heavy atom. The summed E-state index contributed by atoms with van der Waals surface area (Å²) in [5, 5.41) is 0. The summed E-state index contributed by atoms with van der Waals surface area (Å²) in [4.78, 5) is 6.77. The third kappa shape index (κ3) is 2.68. The maximum Gasteiger partial charge on any atom is 0.0552 e. The Morgan fingerprint density at radius 2 is 2.17 bits per heavy atom. The van der Waals surface area contributed by atoms with Crippen LogP contribution in [0.4, 0.5) is 0 Å². The lowest BCUT2D eigenvalue weighted by Crippen LogP contribution is -2.26. The maximum atomic E-state index is 4.57. The minimum Gasteiger partial charge on any atom is -0.375 e. The summed E-state index contributed by atoms with van der Waals surface area (Å²) in [5.41, 5.74) is 2.72. The van der Waals surface area contributed by atoms with Gasteiger partial charge in [-0.3, -0.25) is 4.99 Å². The van der Waals surface area contributed by atoms with Crippen LogP contribution in [0.5, 0.6) is 0 Å². The van der Waals surface area contributed by atoms with Crippen molar-refractivity contribution in [2.24, 2.45) is 4.99 Å². The van der Waals surface area contributed by atoms with Crippen LogP contribution >= 0.6 is 0 Å². The number of aliphatic imine (C=N–C) groups is 1. The van der Waals surface area contributed by atoms with Gasteiger partial charge in [0.25, 0.3) is 0 Å². The van der Waals surface area contributed by atoms with Crippen LogP contribution in [0.15, 0.2) is 16.8 Å². The third-order valence-electron chi connectivity index (χ3n) is 1.80. The lowest BCUT2D eigenvalue weighted by atomic mass is 10.1. The highest BCUT2D eigenvalue weighted by molar-refractivity contribution is 5.89. The molecule has 0 fully saturated rings. The molecule has 0 aliphatic carbocycles. The van der Waals surface area contributed by atoms with E-state index in [1.807, 2.05) is 0 Å². The average Bonchev–Trinajstić information content (AvgIpc) is 1.81. The number of hydrogen-bond donors (Lipinski definition) is 0. The van der Waals surface area contributed by atoms with E-state index in [0.29, 0.717) is 6.04 Å². The van der Waals surface area contributed by atoms with E-state index in [1.54, 1.807) is 0 Å². The van der Waals surface area contributed by atoms with Crippen molar-refractivity contribution >= 4 is 5.71 Å².